The van der Waals surface area contributed by atoms with E-state index >= 15 is 0 Å². The highest BCUT2D eigenvalue weighted by Gasteiger charge is 2.23. The van der Waals surface area contributed by atoms with Gasteiger partial charge in [0.25, 0.3) is 5.91 Å². The Labute approximate surface area is 179 Å². The third-order valence-electron chi connectivity index (χ3n) is 4.36. The molecule has 0 saturated carbocycles. The molecule has 0 spiro atoms. The third kappa shape index (κ3) is 5.88. The van der Waals surface area contributed by atoms with Crippen LogP contribution in [0.25, 0.3) is 10.8 Å². The predicted molar refractivity (Wildman–Crippen MR) is 121 cm³/mol. The fourth-order valence-electron chi connectivity index (χ4n) is 2.79. The summed E-state index contributed by atoms with van der Waals surface area (Å²) in [6.07, 6.45) is 2.39. The van der Waals surface area contributed by atoms with Crippen molar-refractivity contribution in [3.63, 3.8) is 0 Å². The minimum atomic E-state index is -0.739. The van der Waals surface area contributed by atoms with E-state index in [9.17, 15) is 14.4 Å². The molecule has 4 N–H and O–H groups in total. The molecule has 2 aromatic rings. The van der Waals surface area contributed by atoms with Gasteiger partial charge < -0.3 is 21.1 Å². The summed E-state index contributed by atoms with van der Waals surface area (Å²) in [6, 6.07) is 9.00. The summed E-state index contributed by atoms with van der Waals surface area (Å²) >= 11 is 5.62. The molecule has 9 heteroatoms. The lowest BCUT2D eigenvalue weighted by Crippen LogP contribution is -2.42. The number of anilines is 1. The lowest BCUT2D eigenvalue weighted by atomic mass is 10.0. The molecular formula is C20H25N3O4S2. The summed E-state index contributed by atoms with van der Waals surface area (Å²) in [4.78, 5) is 37.0. The normalized spacial score (nSPS) is 12.8. The molecule has 7 nitrogen and oxygen atoms in total. The molecule has 0 heterocycles. The maximum atomic E-state index is 12.9. The van der Waals surface area contributed by atoms with E-state index < -0.39 is 18.1 Å². The Bertz CT molecular complexity index is 891. The summed E-state index contributed by atoms with van der Waals surface area (Å²) in [6.45, 7) is 0. The zero-order valence-corrected chi connectivity index (χ0v) is 18.0. The van der Waals surface area contributed by atoms with Crippen molar-refractivity contribution in [1.29, 1.82) is 0 Å². The molecule has 0 unspecified atom stereocenters. The van der Waals surface area contributed by atoms with Crippen LogP contribution in [0.5, 0.6) is 0 Å². The van der Waals surface area contributed by atoms with Gasteiger partial charge in [0, 0.05) is 22.4 Å². The number of thioether (sulfide) groups is 1. The Balaban J connectivity index is 2.33. The number of hydrogen-bond acceptors (Lipinski definition) is 7. The van der Waals surface area contributed by atoms with E-state index in [4.69, 9.17) is 10.5 Å². The highest BCUT2D eigenvalue weighted by Crippen LogP contribution is 2.26. The van der Waals surface area contributed by atoms with E-state index in [2.05, 4.69) is 23.3 Å². The molecule has 156 valence electrons. The molecule has 0 aromatic heterocycles. The number of carbonyl (C=O) groups is 3. The fourth-order valence-corrected chi connectivity index (χ4v) is 3.43. The average Bonchev–Trinajstić information content (AvgIpc) is 2.74. The van der Waals surface area contributed by atoms with Gasteiger partial charge in [0.05, 0.1) is 13.2 Å². The Morgan fingerprint density at radius 3 is 2.52 bits per heavy atom. The molecule has 2 amide bonds. The number of nitrogens with two attached hydrogens (primary N) is 1. The molecule has 0 fully saturated rings. The van der Waals surface area contributed by atoms with Crippen LogP contribution in [0.4, 0.5) is 5.69 Å². The Kier molecular flexibility index (Phi) is 8.81. The fraction of sp³-hybridized carbons (Fsp3) is 0.350. The summed E-state index contributed by atoms with van der Waals surface area (Å²) in [7, 11) is 1.29. The molecule has 0 aliphatic carbocycles. The number of benzene rings is 2. The zero-order chi connectivity index (χ0) is 21.4. The second-order valence-electron chi connectivity index (χ2n) is 6.32. The van der Waals surface area contributed by atoms with Crippen LogP contribution in [0.2, 0.25) is 0 Å². The number of carbonyl (C=O) groups excluding carboxylic acids is 3. The van der Waals surface area contributed by atoms with E-state index in [0.717, 1.165) is 0 Å². The summed E-state index contributed by atoms with van der Waals surface area (Å²) in [5, 5.41) is 6.87. The summed E-state index contributed by atoms with van der Waals surface area (Å²) in [5.41, 5.74) is 6.67. The largest absolute Gasteiger partial charge is 0.467 e. The number of amides is 2. The van der Waals surface area contributed by atoms with E-state index in [1.807, 2.05) is 6.26 Å². The molecule has 0 aliphatic rings. The van der Waals surface area contributed by atoms with Crippen molar-refractivity contribution in [3.8, 4) is 0 Å². The molecule has 0 bridgehead atoms. The lowest BCUT2D eigenvalue weighted by molar-refractivity contribution is -0.142. The first-order valence-electron chi connectivity index (χ1n) is 8.99. The Morgan fingerprint density at radius 2 is 1.86 bits per heavy atom. The number of fused-ring (bicyclic) bond motifs is 1. The van der Waals surface area contributed by atoms with Crippen molar-refractivity contribution in [1.82, 2.24) is 5.32 Å². The Morgan fingerprint density at radius 1 is 1.17 bits per heavy atom. The molecule has 0 saturated heterocycles. The second-order valence-corrected chi connectivity index (χ2v) is 7.67. The van der Waals surface area contributed by atoms with Crippen LogP contribution in [0.15, 0.2) is 36.4 Å². The van der Waals surface area contributed by atoms with E-state index in [-0.39, 0.29) is 17.6 Å². The first-order chi connectivity index (χ1) is 13.9. The van der Waals surface area contributed by atoms with E-state index in [1.54, 1.807) is 48.2 Å². The van der Waals surface area contributed by atoms with Gasteiger partial charge in [-0.2, -0.15) is 24.4 Å². The van der Waals surface area contributed by atoms with Crippen LogP contribution >= 0.6 is 24.4 Å². The van der Waals surface area contributed by atoms with Crippen molar-refractivity contribution in [3.05, 3.63) is 42.0 Å². The van der Waals surface area contributed by atoms with Crippen LogP contribution in [-0.4, -0.2) is 54.7 Å². The highest BCUT2D eigenvalue weighted by molar-refractivity contribution is 7.98. The highest BCUT2D eigenvalue weighted by atomic mass is 32.2. The number of nitrogens with one attached hydrogen (secondary N) is 2. The van der Waals surface area contributed by atoms with E-state index in [0.29, 0.717) is 34.2 Å². The number of rotatable bonds is 9. The number of thiol groups is 1. The first-order valence-corrected chi connectivity index (χ1v) is 11.0. The maximum absolute atomic E-state index is 12.9. The molecule has 0 radical (unpaired) electrons. The monoisotopic (exact) mass is 435 g/mol. The van der Waals surface area contributed by atoms with Gasteiger partial charge in [-0.1, -0.05) is 24.3 Å². The minimum absolute atomic E-state index is 0.217. The Hall–Kier alpha value is -2.23. The topological polar surface area (TPSA) is 111 Å². The molecule has 29 heavy (non-hydrogen) atoms. The average molecular weight is 436 g/mol. The van der Waals surface area contributed by atoms with Gasteiger partial charge in [0.1, 0.15) is 6.04 Å². The van der Waals surface area contributed by atoms with E-state index in [1.165, 1.54) is 7.11 Å². The van der Waals surface area contributed by atoms with Crippen molar-refractivity contribution in [2.75, 3.05) is 30.2 Å². The van der Waals surface area contributed by atoms with Gasteiger partial charge in [-0.25, -0.2) is 4.79 Å². The van der Waals surface area contributed by atoms with Crippen LogP contribution in [0.1, 0.15) is 16.8 Å². The quantitative estimate of drug-likeness (QED) is 0.354. The van der Waals surface area contributed by atoms with Crippen LogP contribution in [0, 0.1) is 0 Å². The van der Waals surface area contributed by atoms with Gasteiger partial charge in [0.15, 0.2) is 0 Å². The van der Waals surface area contributed by atoms with Crippen molar-refractivity contribution in [2.45, 2.75) is 18.5 Å². The maximum Gasteiger partial charge on any atom is 0.328 e. The van der Waals surface area contributed by atoms with Crippen LogP contribution in [0.3, 0.4) is 0 Å². The van der Waals surface area contributed by atoms with Gasteiger partial charge in [-0.15, -0.1) is 0 Å². The van der Waals surface area contributed by atoms with Gasteiger partial charge in [0.2, 0.25) is 5.91 Å². The number of methoxy groups -OCH3 is 1. The van der Waals surface area contributed by atoms with Crippen molar-refractivity contribution >= 4 is 58.6 Å². The van der Waals surface area contributed by atoms with Crippen molar-refractivity contribution in [2.24, 2.45) is 5.73 Å². The van der Waals surface area contributed by atoms with Gasteiger partial charge in [-0.05, 0) is 35.9 Å². The standard InChI is InChI=1S/C20H25N3O4S2/c1-27-20(26)17(9-10-29-2)23-18(24)14-7-3-6-13-12(14)5-4-8-16(13)22-19(25)15(21)11-28/h3-8,15,17,28H,9-11,21H2,1-2H3,(H,22,25)(H,23,24)/t15-,17-/m0/s1. The molecule has 2 rings (SSSR count). The SMILES string of the molecule is COC(=O)[C@H](CCSC)NC(=O)c1cccc2c(NC(=O)[C@@H](N)CS)cccc12. The zero-order valence-electron chi connectivity index (χ0n) is 16.3. The minimum Gasteiger partial charge on any atom is -0.467 e. The molecular weight excluding hydrogens is 410 g/mol. The number of ether oxygens (including phenoxy) is 1. The third-order valence-corrected chi connectivity index (χ3v) is 5.40. The lowest BCUT2D eigenvalue weighted by Gasteiger charge is -2.17. The summed E-state index contributed by atoms with van der Waals surface area (Å²) < 4.78 is 4.80. The molecule has 0 aliphatic heterocycles. The predicted octanol–water partition coefficient (Wildman–Crippen LogP) is 2.06. The number of hydrogen-bond donors (Lipinski definition) is 4. The van der Waals surface area contributed by atoms with Gasteiger partial charge >= 0.3 is 5.97 Å². The van der Waals surface area contributed by atoms with Crippen LogP contribution in [-0.2, 0) is 14.3 Å². The molecule has 2 aromatic carbocycles. The second kappa shape index (κ2) is 11.1. The number of esters is 1. The summed E-state index contributed by atoms with van der Waals surface area (Å²) in [5.74, 6) is -0.305. The molecule has 2 atom stereocenters. The van der Waals surface area contributed by atoms with Crippen LogP contribution < -0.4 is 16.4 Å². The van der Waals surface area contributed by atoms with Crippen molar-refractivity contribution < 1.29 is 19.1 Å². The van der Waals surface area contributed by atoms with Gasteiger partial charge in [-0.3, -0.25) is 9.59 Å². The first kappa shape index (κ1) is 23.1. The smallest absolute Gasteiger partial charge is 0.328 e.